The van der Waals surface area contributed by atoms with Crippen LogP contribution in [0.5, 0.6) is 40.2 Å². The second-order valence-electron chi connectivity index (χ2n) is 13.7. The lowest BCUT2D eigenvalue weighted by Gasteiger charge is -2.40. The van der Waals surface area contributed by atoms with Gasteiger partial charge in [0.05, 0.1) is 11.6 Å². The van der Waals surface area contributed by atoms with E-state index in [1.165, 1.54) is 36.4 Å². The number of carboxylic acids is 1. The van der Waals surface area contributed by atoms with Crippen molar-refractivity contribution < 1.29 is 109 Å². The van der Waals surface area contributed by atoms with Crippen LogP contribution in [0.1, 0.15) is 12.0 Å². The molecule has 12 N–H and O–H groups in total. The zero-order valence-electron chi connectivity index (χ0n) is 31.2. The summed E-state index contributed by atoms with van der Waals surface area (Å²) in [7, 11) is 0. The van der Waals surface area contributed by atoms with Crippen LogP contribution in [-0.4, -0.2) is 154 Å². The van der Waals surface area contributed by atoms with Crippen molar-refractivity contribution in [2.75, 3.05) is 13.2 Å². The SMILES string of the molecule is O=C(O)CC(=O)OC[C@H]1O[C@@H](Oc2cc(O)cc3[o+]c(-c4ccc(O)c(O)c4)c(O[C@@H]4O[C@H](COC(=O)C=Cc5ccc(O)c(O)c5)[C@@H](O)[C@H](O)[C@H]4O)cc23)[C@H](O)[C@@H](O)[C@@H]1O. The van der Waals surface area contributed by atoms with Crippen molar-refractivity contribution in [2.24, 2.45) is 0 Å². The molecule has 22 nitrogen and oxygen atoms in total. The minimum absolute atomic E-state index is 0.0199. The summed E-state index contributed by atoms with van der Waals surface area (Å²) in [5.41, 5.74) is 0.151. The smallest absolute Gasteiger partial charge is 0.402 e. The molecule has 2 fully saturated rings. The van der Waals surface area contributed by atoms with E-state index in [4.69, 9.17) is 37.9 Å². The molecule has 61 heavy (non-hydrogen) atoms. The van der Waals surface area contributed by atoms with Crippen LogP contribution in [0.2, 0.25) is 0 Å². The highest BCUT2D eigenvalue weighted by Gasteiger charge is 2.48. The summed E-state index contributed by atoms with van der Waals surface area (Å²) in [5.74, 6) is -7.09. The molecule has 10 atom stereocenters. The predicted molar refractivity (Wildman–Crippen MR) is 199 cm³/mol. The van der Waals surface area contributed by atoms with E-state index in [2.05, 4.69) is 0 Å². The van der Waals surface area contributed by atoms with Crippen molar-refractivity contribution in [3.63, 3.8) is 0 Å². The first kappa shape index (κ1) is 44.1. The third-order valence-corrected chi connectivity index (χ3v) is 9.37. The van der Waals surface area contributed by atoms with Gasteiger partial charge in [-0.2, -0.15) is 0 Å². The maximum absolute atomic E-state index is 12.5. The number of rotatable bonds is 13. The molecule has 0 spiro atoms. The Bertz CT molecular complexity index is 2300. The molecular weight excluding hydrogens is 820 g/mol. The fourth-order valence-corrected chi connectivity index (χ4v) is 6.15. The Labute approximate surface area is 342 Å². The van der Waals surface area contributed by atoms with Crippen LogP contribution < -0.4 is 9.47 Å². The van der Waals surface area contributed by atoms with E-state index in [0.29, 0.717) is 5.56 Å². The summed E-state index contributed by atoms with van der Waals surface area (Å²) >= 11 is 0. The summed E-state index contributed by atoms with van der Waals surface area (Å²) < 4.78 is 39.2. The fraction of sp³-hybridized carbons (Fsp3) is 0.333. The number of hydrogen-bond acceptors (Lipinski definition) is 20. The van der Waals surface area contributed by atoms with Crippen LogP contribution >= 0.6 is 0 Å². The number of aromatic hydroxyl groups is 5. The highest BCUT2D eigenvalue weighted by molar-refractivity contribution is 5.90. The number of carbonyl (C=O) groups is 3. The van der Waals surface area contributed by atoms with Crippen molar-refractivity contribution in [2.45, 2.75) is 67.8 Å². The van der Waals surface area contributed by atoms with Crippen molar-refractivity contribution >= 4 is 35.0 Å². The molecule has 22 heteroatoms. The number of aliphatic hydroxyl groups excluding tert-OH is 6. The lowest BCUT2D eigenvalue weighted by atomic mass is 9.99. The standard InChI is InChI=1S/C39H38O22/c40-17-9-23-18(24(10-17)58-38-35(53)33(51)32(50)27(60-38)14-56-30(48)12-28(45)46)11-25(37(57-23)16-3-5-20(42)22(44)8-16)59-39-36(54)34(52)31(49)26(61-39)13-55-29(47)6-2-15-1-4-19(41)21(43)7-15/h1-11,26-27,31-36,38-39,49-54H,12-14H2,(H5-,40,41,42,43,44,45,46,47)/p+1/t26-,27-,31-,32-,33+,34+,35-,36-,38-,39-/m1/s1. The molecule has 4 aromatic rings. The van der Waals surface area contributed by atoms with Gasteiger partial charge in [-0.1, -0.05) is 6.07 Å². The molecule has 0 saturated carbocycles. The molecule has 0 amide bonds. The number of hydrogen-bond donors (Lipinski definition) is 12. The van der Waals surface area contributed by atoms with E-state index < -0.39 is 122 Å². The first-order valence-corrected chi connectivity index (χ1v) is 18.0. The number of aliphatic hydroxyl groups is 6. The number of phenols is 5. The van der Waals surface area contributed by atoms with Crippen molar-refractivity contribution in [1.82, 2.24) is 0 Å². The minimum atomic E-state index is -1.99. The normalized spacial score (nSPS) is 26.5. The lowest BCUT2D eigenvalue weighted by molar-refractivity contribution is -0.278. The van der Waals surface area contributed by atoms with Crippen LogP contribution in [-0.2, 0) is 33.3 Å². The van der Waals surface area contributed by atoms with E-state index in [9.17, 15) is 70.6 Å². The Hall–Kier alpha value is -6.50. The molecule has 0 aliphatic carbocycles. The Kier molecular flexibility index (Phi) is 13.3. The van der Waals surface area contributed by atoms with Gasteiger partial charge in [-0.05, 0) is 35.9 Å². The largest absolute Gasteiger partial charge is 0.507 e. The van der Waals surface area contributed by atoms with Gasteiger partial charge in [0, 0.05) is 24.3 Å². The van der Waals surface area contributed by atoms with Crippen LogP contribution in [0.25, 0.3) is 28.4 Å². The van der Waals surface area contributed by atoms with Gasteiger partial charge in [-0.25, -0.2) is 9.21 Å². The maximum Gasteiger partial charge on any atom is 0.402 e. The molecule has 326 valence electrons. The van der Waals surface area contributed by atoms with Crippen molar-refractivity contribution in [1.29, 1.82) is 0 Å². The van der Waals surface area contributed by atoms with E-state index >= 15 is 0 Å². The van der Waals surface area contributed by atoms with Crippen LogP contribution in [0.4, 0.5) is 0 Å². The van der Waals surface area contributed by atoms with Crippen LogP contribution in [0.3, 0.4) is 0 Å². The average Bonchev–Trinajstić information content (AvgIpc) is 3.21. The molecular formula is C39H39O22+. The second-order valence-corrected chi connectivity index (χ2v) is 13.7. The summed E-state index contributed by atoms with van der Waals surface area (Å²) in [6, 6.07) is 10.5. The van der Waals surface area contributed by atoms with Gasteiger partial charge in [-0.15, -0.1) is 0 Å². The number of benzene rings is 3. The molecule has 2 aliphatic rings. The van der Waals surface area contributed by atoms with E-state index in [1.54, 1.807) is 0 Å². The highest BCUT2D eigenvalue weighted by Crippen LogP contribution is 2.43. The second kappa shape index (κ2) is 18.4. The fourth-order valence-electron chi connectivity index (χ4n) is 6.15. The first-order valence-electron chi connectivity index (χ1n) is 18.0. The third-order valence-electron chi connectivity index (χ3n) is 9.37. The number of esters is 2. The molecule has 6 rings (SSSR count). The Morgan fingerprint density at radius 1 is 0.639 bits per heavy atom. The molecule has 2 saturated heterocycles. The molecule has 0 radical (unpaired) electrons. The Morgan fingerprint density at radius 3 is 1.80 bits per heavy atom. The number of ether oxygens (including phenoxy) is 6. The zero-order valence-corrected chi connectivity index (χ0v) is 31.2. The Balaban J connectivity index is 1.29. The summed E-state index contributed by atoms with van der Waals surface area (Å²) in [5, 5.41) is 123. The topological polar surface area (TPSA) is 361 Å². The molecule has 2 aliphatic heterocycles. The molecule has 0 unspecified atom stereocenters. The van der Waals surface area contributed by atoms with Gasteiger partial charge < -0.3 is 89.7 Å². The first-order chi connectivity index (χ1) is 28.9. The lowest BCUT2D eigenvalue weighted by Crippen LogP contribution is -2.60. The maximum atomic E-state index is 12.5. The number of carboxylic acid groups (broad SMARTS) is 1. The quantitative estimate of drug-likeness (QED) is 0.0266. The third kappa shape index (κ3) is 10.1. The van der Waals surface area contributed by atoms with Gasteiger partial charge in [-0.3, -0.25) is 9.59 Å². The van der Waals surface area contributed by atoms with Crippen molar-refractivity contribution in [3.8, 4) is 51.6 Å². The number of phenolic OH excluding ortho intramolecular Hbond substituents is 5. The monoisotopic (exact) mass is 859 g/mol. The van der Waals surface area contributed by atoms with Crippen molar-refractivity contribution in [3.05, 3.63) is 66.2 Å². The summed E-state index contributed by atoms with van der Waals surface area (Å²) in [6.45, 7) is -1.48. The molecule has 1 aromatic heterocycles. The van der Waals surface area contributed by atoms with E-state index in [1.807, 2.05) is 0 Å². The van der Waals surface area contributed by atoms with Gasteiger partial charge in [0.15, 0.2) is 23.0 Å². The number of fused-ring (bicyclic) bond motifs is 1. The van der Waals surface area contributed by atoms with Crippen LogP contribution in [0.15, 0.2) is 65.1 Å². The van der Waals surface area contributed by atoms with Gasteiger partial charge >= 0.3 is 29.3 Å². The molecule has 3 heterocycles. The number of carbonyl (C=O) groups excluding carboxylic acids is 2. The number of aliphatic carboxylic acids is 1. The van der Waals surface area contributed by atoms with Gasteiger partial charge in [0.1, 0.15) is 85.4 Å². The van der Waals surface area contributed by atoms with Gasteiger partial charge in [0.2, 0.25) is 18.3 Å². The molecule has 0 bridgehead atoms. The highest BCUT2D eigenvalue weighted by atomic mass is 16.7. The predicted octanol–water partition coefficient (Wildman–Crippen LogP) is -0.444. The average molecular weight is 860 g/mol. The summed E-state index contributed by atoms with van der Waals surface area (Å²) in [6.07, 6.45) is -17.2. The Morgan fingerprint density at radius 2 is 1.21 bits per heavy atom. The van der Waals surface area contributed by atoms with Crippen LogP contribution in [0, 0.1) is 0 Å². The van der Waals surface area contributed by atoms with E-state index in [-0.39, 0.29) is 39.5 Å². The molecule has 3 aromatic carbocycles. The van der Waals surface area contributed by atoms with Gasteiger partial charge in [0.25, 0.3) is 0 Å². The zero-order chi connectivity index (χ0) is 44.3. The minimum Gasteiger partial charge on any atom is -0.507 e. The van der Waals surface area contributed by atoms with E-state index in [0.717, 1.165) is 30.3 Å². The summed E-state index contributed by atoms with van der Waals surface area (Å²) in [4.78, 5) is 35.2.